The third kappa shape index (κ3) is 3.58. The normalized spacial score (nSPS) is 49.3. The standard InChI is InChI=1S/C33H52O5/c1-21(35)38-26-12-13-29(4)24(30(26,5)20-34)11-14-32(7)25(29)10-9-22-23-19-28(2,3)15-17-33(23,27(36)37-8)18-16-31(22,32)6/h9,23-26,34H,10-20H2,1-8H3/t23-,24?,25-,26+,29+,30+,31-,32-,33+/m1/s1. The Morgan fingerprint density at radius 1 is 0.947 bits per heavy atom. The SMILES string of the molecule is COC(=O)[C@]12CCC(C)(C)C[C@@H]1C1=CC[C@@H]3[C@@]4(C)CC[C@H](OC(C)=O)[C@@](C)(CO)C4CC[C@@]3(C)[C@]1(C)CC2. The Morgan fingerprint density at radius 2 is 1.63 bits per heavy atom. The minimum absolute atomic E-state index is 0.00593. The van der Waals surface area contributed by atoms with Crippen molar-refractivity contribution in [3.05, 3.63) is 11.6 Å². The number of aliphatic hydroxyl groups excluding tert-OH is 1. The van der Waals surface area contributed by atoms with Crippen LogP contribution in [0.2, 0.25) is 0 Å². The zero-order valence-corrected chi connectivity index (χ0v) is 25.2. The molecule has 5 aliphatic carbocycles. The first-order valence-electron chi connectivity index (χ1n) is 15.2. The minimum Gasteiger partial charge on any atom is -0.469 e. The Morgan fingerprint density at radius 3 is 2.26 bits per heavy atom. The highest BCUT2D eigenvalue weighted by Gasteiger charge is 2.70. The second-order valence-electron chi connectivity index (χ2n) is 15.7. The van der Waals surface area contributed by atoms with Crippen LogP contribution in [0.5, 0.6) is 0 Å². The van der Waals surface area contributed by atoms with Crippen molar-refractivity contribution in [3.63, 3.8) is 0 Å². The first-order valence-corrected chi connectivity index (χ1v) is 15.2. The van der Waals surface area contributed by atoms with Crippen molar-refractivity contribution in [2.45, 2.75) is 119 Å². The van der Waals surface area contributed by atoms with Gasteiger partial charge in [0.05, 0.1) is 19.1 Å². The Bertz CT molecular complexity index is 1030. The fourth-order valence-electron chi connectivity index (χ4n) is 11.2. The van der Waals surface area contributed by atoms with Crippen molar-refractivity contribution in [2.24, 2.45) is 50.2 Å². The molecule has 9 atom stereocenters. The van der Waals surface area contributed by atoms with Crippen LogP contribution in [0.4, 0.5) is 0 Å². The number of rotatable bonds is 3. The Labute approximate surface area is 230 Å². The van der Waals surface area contributed by atoms with E-state index < -0.39 is 5.41 Å². The van der Waals surface area contributed by atoms with Gasteiger partial charge in [-0.15, -0.1) is 0 Å². The molecule has 0 bridgehead atoms. The van der Waals surface area contributed by atoms with E-state index in [1.165, 1.54) is 6.92 Å². The molecule has 1 N–H and O–H groups in total. The van der Waals surface area contributed by atoms with Crippen molar-refractivity contribution in [2.75, 3.05) is 13.7 Å². The van der Waals surface area contributed by atoms with E-state index in [1.54, 1.807) is 12.7 Å². The van der Waals surface area contributed by atoms with E-state index in [1.807, 2.05) is 0 Å². The average Bonchev–Trinajstić information content (AvgIpc) is 2.85. The number of ether oxygens (including phenoxy) is 2. The molecular weight excluding hydrogens is 476 g/mol. The highest BCUT2D eigenvalue weighted by molar-refractivity contribution is 5.78. The van der Waals surface area contributed by atoms with Crippen molar-refractivity contribution < 1.29 is 24.2 Å². The van der Waals surface area contributed by atoms with Crippen molar-refractivity contribution >= 4 is 11.9 Å². The van der Waals surface area contributed by atoms with E-state index >= 15 is 0 Å². The smallest absolute Gasteiger partial charge is 0.312 e. The van der Waals surface area contributed by atoms with Crippen LogP contribution >= 0.6 is 0 Å². The van der Waals surface area contributed by atoms with Crippen molar-refractivity contribution in [1.29, 1.82) is 0 Å². The highest BCUT2D eigenvalue weighted by atomic mass is 16.5. The van der Waals surface area contributed by atoms with Gasteiger partial charge in [-0.3, -0.25) is 9.59 Å². The van der Waals surface area contributed by atoms with Gasteiger partial charge in [0, 0.05) is 12.3 Å². The van der Waals surface area contributed by atoms with Gasteiger partial charge in [-0.25, -0.2) is 0 Å². The lowest BCUT2D eigenvalue weighted by atomic mass is 9.33. The molecule has 5 aliphatic rings. The van der Waals surface area contributed by atoms with E-state index in [4.69, 9.17) is 9.47 Å². The summed E-state index contributed by atoms with van der Waals surface area (Å²) in [7, 11) is 1.57. The molecule has 0 aromatic heterocycles. The van der Waals surface area contributed by atoms with E-state index in [2.05, 4.69) is 47.6 Å². The molecule has 0 radical (unpaired) electrons. The molecule has 1 unspecified atom stereocenters. The summed E-state index contributed by atoms with van der Waals surface area (Å²) < 4.78 is 11.3. The average molecular weight is 529 g/mol. The summed E-state index contributed by atoms with van der Waals surface area (Å²) in [6, 6.07) is 0. The second-order valence-corrected chi connectivity index (χ2v) is 15.7. The largest absolute Gasteiger partial charge is 0.469 e. The topological polar surface area (TPSA) is 72.8 Å². The quantitative estimate of drug-likeness (QED) is 0.320. The van der Waals surface area contributed by atoms with Crippen LogP contribution in [-0.4, -0.2) is 36.9 Å². The van der Waals surface area contributed by atoms with Gasteiger partial charge in [-0.1, -0.05) is 53.2 Å². The van der Waals surface area contributed by atoms with E-state index in [9.17, 15) is 14.7 Å². The number of methoxy groups -OCH3 is 1. The first-order chi connectivity index (χ1) is 17.6. The summed E-state index contributed by atoms with van der Waals surface area (Å²) in [5.41, 5.74) is 1.19. The van der Waals surface area contributed by atoms with Crippen LogP contribution < -0.4 is 0 Å². The van der Waals surface area contributed by atoms with Crippen molar-refractivity contribution in [3.8, 4) is 0 Å². The predicted molar refractivity (Wildman–Crippen MR) is 148 cm³/mol. The predicted octanol–water partition coefficient (Wildman–Crippen LogP) is 6.87. The molecule has 0 amide bonds. The maximum absolute atomic E-state index is 13.4. The molecule has 5 heteroatoms. The van der Waals surface area contributed by atoms with E-state index in [0.29, 0.717) is 11.8 Å². The number of esters is 2. The molecular formula is C33H52O5. The highest BCUT2D eigenvalue weighted by Crippen LogP contribution is 2.76. The summed E-state index contributed by atoms with van der Waals surface area (Å²) in [6.07, 6.45) is 12.4. The molecule has 214 valence electrons. The first kappa shape index (κ1) is 28.2. The number of fused-ring (bicyclic) bond motifs is 7. The molecule has 0 heterocycles. The van der Waals surface area contributed by atoms with Crippen molar-refractivity contribution in [1.82, 2.24) is 0 Å². The lowest BCUT2D eigenvalue weighted by Crippen LogP contribution is -2.66. The van der Waals surface area contributed by atoms with E-state index in [-0.39, 0.29) is 57.6 Å². The summed E-state index contributed by atoms with van der Waals surface area (Å²) in [4.78, 5) is 25.4. The van der Waals surface area contributed by atoms with E-state index in [0.717, 1.165) is 64.2 Å². The molecule has 0 saturated heterocycles. The number of hydrogen-bond acceptors (Lipinski definition) is 5. The van der Waals surface area contributed by atoms with Gasteiger partial charge < -0.3 is 14.6 Å². The number of allylic oxidation sites excluding steroid dienone is 2. The summed E-state index contributed by atoms with van der Waals surface area (Å²) in [5.74, 6) is 0.813. The van der Waals surface area contributed by atoms with Gasteiger partial charge in [0.15, 0.2) is 0 Å². The van der Waals surface area contributed by atoms with Crippen LogP contribution in [-0.2, 0) is 19.1 Å². The zero-order chi connectivity index (χ0) is 27.9. The van der Waals surface area contributed by atoms with Crippen LogP contribution in [0.25, 0.3) is 0 Å². The Kier molecular flexibility index (Phi) is 6.54. The molecule has 0 spiro atoms. The molecule has 5 rings (SSSR count). The fourth-order valence-corrected chi connectivity index (χ4v) is 11.2. The minimum atomic E-state index is -0.426. The number of hydrogen-bond donors (Lipinski definition) is 1. The summed E-state index contributed by atoms with van der Waals surface area (Å²) in [5, 5.41) is 10.7. The molecule has 5 nitrogen and oxygen atoms in total. The van der Waals surface area contributed by atoms with Gasteiger partial charge in [0.2, 0.25) is 0 Å². The van der Waals surface area contributed by atoms with Gasteiger partial charge in [0.1, 0.15) is 6.10 Å². The zero-order valence-electron chi connectivity index (χ0n) is 25.2. The monoisotopic (exact) mass is 528 g/mol. The van der Waals surface area contributed by atoms with Gasteiger partial charge in [-0.2, -0.15) is 0 Å². The molecule has 0 aromatic rings. The van der Waals surface area contributed by atoms with Gasteiger partial charge in [0.25, 0.3) is 0 Å². The van der Waals surface area contributed by atoms with Crippen LogP contribution in [0.3, 0.4) is 0 Å². The Hall–Kier alpha value is -1.36. The van der Waals surface area contributed by atoms with Crippen LogP contribution in [0.15, 0.2) is 11.6 Å². The molecule has 38 heavy (non-hydrogen) atoms. The third-order valence-electron chi connectivity index (χ3n) is 13.6. The molecule has 4 fully saturated rings. The van der Waals surface area contributed by atoms with Crippen LogP contribution in [0, 0.1) is 50.2 Å². The summed E-state index contributed by atoms with van der Waals surface area (Å²) >= 11 is 0. The summed E-state index contributed by atoms with van der Waals surface area (Å²) in [6.45, 7) is 16.0. The lowest BCUT2D eigenvalue weighted by molar-refractivity contribution is -0.224. The maximum atomic E-state index is 13.4. The van der Waals surface area contributed by atoms with Gasteiger partial charge in [-0.05, 0) is 104 Å². The number of carbonyl (C=O) groups is 2. The number of carbonyl (C=O) groups excluding carboxylic acids is 2. The molecule has 0 aromatic carbocycles. The Balaban J connectivity index is 1.56. The fraction of sp³-hybridized carbons (Fsp3) is 0.879. The maximum Gasteiger partial charge on any atom is 0.312 e. The lowest BCUT2D eigenvalue weighted by Gasteiger charge is -2.71. The second kappa shape index (κ2) is 8.82. The van der Waals surface area contributed by atoms with Crippen LogP contribution in [0.1, 0.15) is 113 Å². The van der Waals surface area contributed by atoms with Gasteiger partial charge >= 0.3 is 11.9 Å². The molecule has 0 aliphatic heterocycles. The molecule has 4 saturated carbocycles. The number of aliphatic hydroxyl groups is 1. The third-order valence-corrected chi connectivity index (χ3v) is 13.6.